The predicted octanol–water partition coefficient (Wildman–Crippen LogP) is 3.77. The molecule has 0 fully saturated rings. The van der Waals surface area contributed by atoms with Gasteiger partial charge in [-0.05, 0) is 32.2 Å². The minimum Gasteiger partial charge on any atom is -0.464 e. The van der Waals surface area contributed by atoms with Gasteiger partial charge in [0.15, 0.2) is 0 Å². The molecule has 2 rings (SSSR count). The number of hydrogen-bond donors (Lipinski definition) is 1. The Labute approximate surface area is 107 Å². The molecule has 1 heterocycles. The van der Waals surface area contributed by atoms with Gasteiger partial charge in [0.2, 0.25) is 5.67 Å². The molecule has 104 valence electrons. The van der Waals surface area contributed by atoms with Crippen LogP contribution in [0.25, 0.3) is 11.0 Å². The molecular weight excluding hydrogens is 262 g/mol. The number of alkyl halides is 4. The highest BCUT2D eigenvalue weighted by Gasteiger charge is 2.60. The van der Waals surface area contributed by atoms with Crippen LogP contribution in [0, 0.1) is 0 Å². The summed E-state index contributed by atoms with van der Waals surface area (Å²) < 4.78 is 59.0. The second-order valence-corrected chi connectivity index (χ2v) is 4.39. The van der Waals surface area contributed by atoms with E-state index in [1.165, 1.54) is 31.5 Å². The van der Waals surface area contributed by atoms with Gasteiger partial charge >= 0.3 is 6.18 Å². The van der Waals surface area contributed by atoms with E-state index in [4.69, 9.17) is 4.42 Å². The Morgan fingerprint density at radius 3 is 2.42 bits per heavy atom. The molecule has 0 amide bonds. The van der Waals surface area contributed by atoms with E-state index in [2.05, 4.69) is 5.32 Å². The average Bonchev–Trinajstić information content (AvgIpc) is 2.82. The largest absolute Gasteiger partial charge is 0.464 e. The molecule has 0 spiro atoms. The molecule has 0 aliphatic rings. The summed E-state index contributed by atoms with van der Waals surface area (Å²) in [6.45, 7) is 1.16. The summed E-state index contributed by atoms with van der Waals surface area (Å²) >= 11 is 0. The van der Waals surface area contributed by atoms with Crippen LogP contribution in [0.3, 0.4) is 0 Å². The molecule has 0 bridgehead atoms. The number of fused-ring (bicyclic) bond motifs is 1. The topological polar surface area (TPSA) is 25.2 Å². The van der Waals surface area contributed by atoms with Gasteiger partial charge < -0.3 is 9.73 Å². The summed E-state index contributed by atoms with van der Waals surface area (Å²) in [4.78, 5) is 0. The molecule has 0 saturated heterocycles. The number of benzene rings is 1. The molecule has 2 unspecified atom stereocenters. The summed E-state index contributed by atoms with van der Waals surface area (Å²) in [6, 6.07) is 3.71. The van der Waals surface area contributed by atoms with Gasteiger partial charge in [-0.3, -0.25) is 0 Å². The normalized spacial score (nSPS) is 17.4. The Morgan fingerprint density at radius 1 is 1.16 bits per heavy atom. The van der Waals surface area contributed by atoms with Crippen molar-refractivity contribution >= 4 is 11.0 Å². The lowest BCUT2D eigenvalue weighted by Crippen LogP contribution is -2.52. The molecule has 2 atom stereocenters. The van der Waals surface area contributed by atoms with Crippen molar-refractivity contribution in [3.8, 4) is 0 Å². The van der Waals surface area contributed by atoms with Crippen LogP contribution in [0.15, 0.2) is 34.9 Å². The van der Waals surface area contributed by atoms with Crippen LogP contribution in [0.1, 0.15) is 12.5 Å². The number of halogens is 4. The minimum absolute atomic E-state index is 0.422. The molecule has 0 radical (unpaired) electrons. The van der Waals surface area contributed by atoms with Crippen LogP contribution in [-0.4, -0.2) is 19.3 Å². The van der Waals surface area contributed by atoms with Gasteiger partial charge in [-0.1, -0.05) is 6.07 Å². The fraction of sp³-hybridized carbons (Fsp3) is 0.385. The zero-order chi connectivity index (χ0) is 14.3. The van der Waals surface area contributed by atoms with Crippen molar-refractivity contribution in [1.82, 2.24) is 5.32 Å². The number of nitrogens with one attached hydrogen (secondary N) is 1. The monoisotopic (exact) mass is 275 g/mol. The third kappa shape index (κ3) is 2.10. The molecule has 0 aliphatic carbocycles. The third-order valence-corrected chi connectivity index (χ3v) is 3.31. The SMILES string of the molecule is CNC(C)C(F)(c1ccc2occc2c1)C(F)(F)F. The summed E-state index contributed by atoms with van der Waals surface area (Å²) in [5, 5.41) is 2.77. The van der Waals surface area contributed by atoms with Gasteiger partial charge in [-0.15, -0.1) is 0 Å². The maximum Gasteiger partial charge on any atom is 0.428 e. The van der Waals surface area contributed by atoms with Gasteiger partial charge in [0.1, 0.15) is 5.58 Å². The van der Waals surface area contributed by atoms with E-state index in [0.29, 0.717) is 11.0 Å². The lowest BCUT2D eigenvalue weighted by Gasteiger charge is -2.33. The fourth-order valence-corrected chi connectivity index (χ4v) is 2.05. The third-order valence-electron chi connectivity index (χ3n) is 3.31. The maximum atomic E-state index is 14.6. The zero-order valence-corrected chi connectivity index (χ0v) is 10.4. The Balaban J connectivity index is 2.60. The van der Waals surface area contributed by atoms with E-state index >= 15 is 0 Å². The van der Waals surface area contributed by atoms with E-state index in [9.17, 15) is 17.6 Å². The van der Waals surface area contributed by atoms with Crippen LogP contribution in [0.4, 0.5) is 17.6 Å². The van der Waals surface area contributed by atoms with Crippen molar-refractivity contribution in [3.63, 3.8) is 0 Å². The summed E-state index contributed by atoms with van der Waals surface area (Å²) in [7, 11) is 1.29. The molecule has 2 aromatic rings. The molecule has 0 aliphatic heterocycles. The van der Waals surface area contributed by atoms with Gasteiger partial charge in [-0.25, -0.2) is 4.39 Å². The van der Waals surface area contributed by atoms with Crippen molar-refractivity contribution in [2.75, 3.05) is 7.05 Å². The van der Waals surface area contributed by atoms with Gasteiger partial charge in [-0.2, -0.15) is 13.2 Å². The number of likely N-dealkylation sites (N-methyl/N-ethyl adjacent to an activating group) is 1. The van der Waals surface area contributed by atoms with Crippen LogP contribution >= 0.6 is 0 Å². The van der Waals surface area contributed by atoms with Gasteiger partial charge in [0, 0.05) is 10.9 Å². The highest BCUT2D eigenvalue weighted by molar-refractivity contribution is 5.78. The fourth-order valence-electron chi connectivity index (χ4n) is 2.05. The smallest absolute Gasteiger partial charge is 0.428 e. The molecule has 2 nitrogen and oxygen atoms in total. The van der Waals surface area contributed by atoms with Crippen molar-refractivity contribution in [1.29, 1.82) is 0 Å². The Hall–Kier alpha value is -1.56. The molecule has 6 heteroatoms. The number of rotatable bonds is 3. The Bertz CT molecular complexity index is 577. The molecule has 19 heavy (non-hydrogen) atoms. The zero-order valence-electron chi connectivity index (χ0n) is 10.4. The van der Waals surface area contributed by atoms with Crippen molar-refractivity contribution < 1.29 is 22.0 Å². The maximum absolute atomic E-state index is 14.6. The van der Waals surface area contributed by atoms with E-state index < -0.39 is 23.5 Å². The first-order chi connectivity index (χ1) is 8.80. The van der Waals surface area contributed by atoms with Crippen molar-refractivity contribution in [2.45, 2.75) is 24.8 Å². The van der Waals surface area contributed by atoms with Crippen molar-refractivity contribution in [2.24, 2.45) is 0 Å². The van der Waals surface area contributed by atoms with Crippen LogP contribution in [0.5, 0.6) is 0 Å². The van der Waals surface area contributed by atoms with E-state index in [-0.39, 0.29) is 0 Å². The van der Waals surface area contributed by atoms with E-state index in [0.717, 1.165) is 13.0 Å². The van der Waals surface area contributed by atoms with Gasteiger partial charge in [0.05, 0.1) is 12.3 Å². The molecule has 1 aromatic heterocycles. The Morgan fingerprint density at radius 2 is 1.84 bits per heavy atom. The molecule has 0 saturated carbocycles. The highest BCUT2D eigenvalue weighted by Crippen LogP contribution is 2.45. The summed E-state index contributed by atoms with van der Waals surface area (Å²) in [5.74, 6) is 0. The highest BCUT2D eigenvalue weighted by atomic mass is 19.4. The first-order valence-corrected chi connectivity index (χ1v) is 5.71. The second kappa shape index (κ2) is 4.52. The summed E-state index contributed by atoms with van der Waals surface area (Å²) in [5.41, 5.74) is -3.46. The number of furan rings is 1. The van der Waals surface area contributed by atoms with Crippen LogP contribution < -0.4 is 5.32 Å². The second-order valence-electron chi connectivity index (χ2n) is 4.39. The van der Waals surface area contributed by atoms with Crippen LogP contribution in [0.2, 0.25) is 0 Å². The molecule has 1 aromatic carbocycles. The first kappa shape index (κ1) is 13.9. The Kier molecular flexibility index (Phi) is 3.30. The number of hydrogen-bond acceptors (Lipinski definition) is 2. The average molecular weight is 275 g/mol. The summed E-state index contributed by atoms with van der Waals surface area (Å²) in [6.07, 6.45) is -3.66. The quantitative estimate of drug-likeness (QED) is 0.863. The molecular formula is C13H13F4NO. The van der Waals surface area contributed by atoms with Crippen LogP contribution in [-0.2, 0) is 5.67 Å². The first-order valence-electron chi connectivity index (χ1n) is 5.71. The van der Waals surface area contributed by atoms with E-state index in [1.807, 2.05) is 0 Å². The predicted molar refractivity (Wildman–Crippen MR) is 63.6 cm³/mol. The van der Waals surface area contributed by atoms with Gasteiger partial charge in [0.25, 0.3) is 0 Å². The standard InChI is InChI=1S/C13H13F4NO/c1-8(18-2)12(14,13(15,16)17)10-3-4-11-9(7-10)5-6-19-11/h3-8,18H,1-2H3. The van der Waals surface area contributed by atoms with Crippen molar-refractivity contribution in [3.05, 3.63) is 36.1 Å². The lowest BCUT2D eigenvalue weighted by atomic mass is 9.87. The minimum atomic E-state index is -5.01. The van der Waals surface area contributed by atoms with E-state index in [1.54, 1.807) is 0 Å². The molecule has 1 N–H and O–H groups in total. The lowest BCUT2D eigenvalue weighted by molar-refractivity contribution is -0.244.